The van der Waals surface area contributed by atoms with Crippen LogP contribution in [0.5, 0.6) is 0 Å². The molecule has 1 aliphatic carbocycles. The van der Waals surface area contributed by atoms with Crippen LogP contribution >= 0.6 is 11.8 Å². The summed E-state index contributed by atoms with van der Waals surface area (Å²) < 4.78 is 0. The number of rotatable bonds is 4. The highest BCUT2D eigenvalue weighted by Crippen LogP contribution is 2.29. The van der Waals surface area contributed by atoms with Gasteiger partial charge in [0.05, 0.1) is 5.92 Å². The summed E-state index contributed by atoms with van der Waals surface area (Å²) in [4.78, 5) is 22.8. The SMILES string of the molecule is O=C(O)C1CCC(C(=O)NCC2CCCS2)CC1. The van der Waals surface area contributed by atoms with Gasteiger partial charge in [0.1, 0.15) is 0 Å². The van der Waals surface area contributed by atoms with E-state index in [1.807, 2.05) is 11.8 Å². The van der Waals surface area contributed by atoms with Crippen molar-refractivity contribution in [3.05, 3.63) is 0 Å². The monoisotopic (exact) mass is 271 g/mol. The Labute approximate surface area is 112 Å². The van der Waals surface area contributed by atoms with Gasteiger partial charge in [-0.25, -0.2) is 0 Å². The molecule has 1 amide bonds. The lowest BCUT2D eigenvalue weighted by Crippen LogP contribution is -2.37. The highest BCUT2D eigenvalue weighted by molar-refractivity contribution is 8.00. The fraction of sp³-hybridized carbons (Fsp3) is 0.846. The number of carbonyl (C=O) groups excluding carboxylic acids is 1. The number of hydrogen-bond donors (Lipinski definition) is 2. The molecule has 5 heteroatoms. The summed E-state index contributed by atoms with van der Waals surface area (Å²) in [7, 11) is 0. The first kappa shape index (κ1) is 13.7. The number of hydrogen-bond acceptors (Lipinski definition) is 3. The second-order valence-electron chi connectivity index (χ2n) is 5.27. The Balaban J connectivity index is 1.68. The van der Waals surface area contributed by atoms with Gasteiger partial charge in [0.15, 0.2) is 0 Å². The van der Waals surface area contributed by atoms with Crippen molar-refractivity contribution in [3.63, 3.8) is 0 Å². The predicted octanol–water partition coefficient (Wildman–Crippen LogP) is 1.89. The van der Waals surface area contributed by atoms with Crippen LogP contribution < -0.4 is 5.32 Å². The molecule has 0 aromatic rings. The molecule has 2 fully saturated rings. The smallest absolute Gasteiger partial charge is 0.306 e. The van der Waals surface area contributed by atoms with Crippen molar-refractivity contribution < 1.29 is 14.7 Å². The van der Waals surface area contributed by atoms with Crippen molar-refractivity contribution in [1.82, 2.24) is 5.32 Å². The zero-order valence-electron chi connectivity index (χ0n) is 10.6. The number of carboxylic acid groups (broad SMARTS) is 1. The van der Waals surface area contributed by atoms with Gasteiger partial charge in [0.2, 0.25) is 5.91 Å². The average Bonchev–Trinajstić information content (AvgIpc) is 2.89. The van der Waals surface area contributed by atoms with Crippen molar-refractivity contribution in [2.24, 2.45) is 11.8 Å². The van der Waals surface area contributed by atoms with Crippen LogP contribution in [0.15, 0.2) is 0 Å². The van der Waals surface area contributed by atoms with E-state index in [0.717, 1.165) is 19.4 Å². The van der Waals surface area contributed by atoms with Crippen LogP contribution in [0.1, 0.15) is 38.5 Å². The summed E-state index contributed by atoms with van der Waals surface area (Å²) in [5.41, 5.74) is 0. The molecule has 4 nitrogen and oxygen atoms in total. The van der Waals surface area contributed by atoms with Crippen LogP contribution in [-0.4, -0.2) is 34.5 Å². The zero-order chi connectivity index (χ0) is 13.0. The van der Waals surface area contributed by atoms with Gasteiger partial charge in [-0.3, -0.25) is 9.59 Å². The average molecular weight is 271 g/mol. The van der Waals surface area contributed by atoms with Gasteiger partial charge < -0.3 is 10.4 Å². The molecule has 18 heavy (non-hydrogen) atoms. The molecule has 2 aliphatic rings. The molecule has 2 rings (SSSR count). The van der Waals surface area contributed by atoms with E-state index in [0.29, 0.717) is 18.1 Å². The normalized spacial score (nSPS) is 32.1. The van der Waals surface area contributed by atoms with Crippen LogP contribution in [-0.2, 0) is 9.59 Å². The summed E-state index contributed by atoms with van der Waals surface area (Å²) in [6.07, 6.45) is 5.20. The highest BCUT2D eigenvalue weighted by Gasteiger charge is 2.30. The quantitative estimate of drug-likeness (QED) is 0.819. The van der Waals surface area contributed by atoms with Crippen molar-refractivity contribution in [2.75, 3.05) is 12.3 Å². The molecule has 2 N–H and O–H groups in total. The summed E-state index contributed by atoms with van der Waals surface area (Å²) >= 11 is 1.94. The topological polar surface area (TPSA) is 66.4 Å². The lowest BCUT2D eigenvalue weighted by atomic mass is 9.81. The number of thioether (sulfide) groups is 1. The van der Waals surface area contributed by atoms with Gasteiger partial charge in [-0.05, 0) is 44.3 Å². The number of carbonyl (C=O) groups is 2. The summed E-state index contributed by atoms with van der Waals surface area (Å²) in [5, 5.41) is 12.5. The number of carboxylic acids is 1. The maximum Gasteiger partial charge on any atom is 0.306 e. The second kappa shape index (κ2) is 6.45. The van der Waals surface area contributed by atoms with Crippen molar-refractivity contribution in [1.29, 1.82) is 0 Å². The van der Waals surface area contributed by atoms with Crippen LogP contribution in [0.4, 0.5) is 0 Å². The van der Waals surface area contributed by atoms with Gasteiger partial charge in [-0.15, -0.1) is 0 Å². The minimum atomic E-state index is -0.712. The largest absolute Gasteiger partial charge is 0.481 e. The van der Waals surface area contributed by atoms with E-state index in [1.165, 1.54) is 18.6 Å². The molecule has 1 saturated carbocycles. The van der Waals surface area contributed by atoms with Gasteiger partial charge in [-0.1, -0.05) is 0 Å². The van der Waals surface area contributed by atoms with Crippen molar-refractivity contribution in [3.8, 4) is 0 Å². The van der Waals surface area contributed by atoms with Crippen LogP contribution in [0.25, 0.3) is 0 Å². The van der Waals surface area contributed by atoms with Gasteiger partial charge in [0.25, 0.3) is 0 Å². The molecular formula is C13H21NO3S. The Hall–Kier alpha value is -0.710. The van der Waals surface area contributed by atoms with E-state index in [2.05, 4.69) is 5.32 Å². The number of amides is 1. The van der Waals surface area contributed by atoms with E-state index in [9.17, 15) is 9.59 Å². The molecule has 1 unspecified atom stereocenters. The van der Waals surface area contributed by atoms with Crippen LogP contribution in [0, 0.1) is 11.8 Å². The number of aliphatic carboxylic acids is 1. The van der Waals surface area contributed by atoms with E-state index in [1.54, 1.807) is 0 Å². The third-order valence-corrected chi connectivity index (χ3v) is 5.37. The molecular weight excluding hydrogens is 250 g/mol. The minimum Gasteiger partial charge on any atom is -0.481 e. The third kappa shape index (κ3) is 3.64. The third-order valence-electron chi connectivity index (χ3n) is 3.98. The molecule has 1 aliphatic heterocycles. The molecule has 0 aromatic carbocycles. The second-order valence-corrected chi connectivity index (χ2v) is 6.68. The van der Waals surface area contributed by atoms with Gasteiger partial charge in [-0.2, -0.15) is 11.8 Å². The lowest BCUT2D eigenvalue weighted by Gasteiger charge is -2.25. The van der Waals surface area contributed by atoms with E-state index >= 15 is 0 Å². The first-order valence-electron chi connectivity index (χ1n) is 6.79. The molecule has 1 saturated heterocycles. The molecule has 0 bridgehead atoms. The Morgan fingerprint density at radius 2 is 1.78 bits per heavy atom. The maximum absolute atomic E-state index is 12.0. The lowest BCUT2D eigenvalue weighted by molar-refractivity contribution is -0.144. The maximum atomic E-state index is 12.0. The Bertz CT molecular complexity index is 307. The van der Waals surface area contributed by atoms with Gasteiger partial charge >= 0.3 is 5.97 Å². The first-order valence-corrected chi connectivity index (χ1v) is 7.84. The van der Waals surface area contributed by atoms with Gasteiger partial charge in [0, 0.05) is 17.7 Å². The fourth-order valence-corrected chi connectivity index (χ4v) is 3.97. The Morgan fingerprint density at radius 3 is 2.33 bits per heavy atom. The summed E-state index contributed by atoms with van der Waals surface area (Å²) in [6.45, 7) is 0.780. The Morgan fingerprint density at radius 1 is 1.11 bits per heavy atom. The minimum absolute atomic E-state index is 0.0343. The van der Waals surface area contributed by atoms with E-state index in [4.69, 9.17) is 5.11 Å². The zero-order valence-corrected chi connectivity index (χ0v) is 11.4. The van der Waals surface area contributed by atoms with E-state index < -0.39 is 5.97 Å². The molecule has 0 radical (unpaired) electrons. The van der Waals surface area contributed by atoms with Crippen molar-refractivity contribution >= 4 is 23.6 Å². The Kier molecular flexibility index (Phi) is 4.92. The number of nitrogens with one attached hydrogen (secondary N) is 1. The molecule has 0 spiro atoms. The standard InChI is InChI=1S/C13H21NO3S/c15-12(14-8-11-2-1-7-18-11)9-3-5-10(6-4-9)13(16)17/h9-11H,1-8H2,(H,14,15)(H,16,17). The predicted molar refractivity (Wildman–Crippen MR) is 71.6 cm³/mol. The van der Waals surface area contributed by atoms with E-state index in [-0.39, 0.29) is 17.7 Å². The van der Waals surface area contributed by atoms with Crippen LogP contribution in [0.2, 0.25) is 0 Å². The molecule has 1 heterocycles. The highest BCUT2D eigenvalue weighted by atomic mass is 32.2. The fourth-order valence-electron chi connectivity index (χ4n) is 2.77. The summed E-state index contributed by atoms with van der Waals surface area (Å²) in [5.74, 6) is 0.429. The molecule has 0 aromatic heterocycles. The first-order chi connectivity index (χ1) is 8.66. The molecule has 1 atom stereocenters. The summed E-state index contributed by atoms with van der Waals surface area (Å²) in [6, 6.07) is 0. The van der Waals surface area contributed by atoms with Crippen molar-refractivity contribution in [2.45, 2.75) is 43.8 Å². The molecule has 102 valence electrons. The van der Waals surface area contributed by atoms with Crippen LogP contribution in [0.3, 0.4) is 0 Å².